The molecule has 0 spiro atoms. The summed E-state index contributed by atoms with van der Waals surface area (Å²) < 4.78 is 11.3. The van der Waals surface area contributed by atoms with Gasteiger partial charge in [0.25, 0.3) is 5.91 Å². The lowest BCUT2D eigenvalue weighted by Gasteiger charge is -2.37. The van der Waals surface area contributed by atoms with E-state index in [-0.39, 0.29) is 18.2 Å². The van der Waals surface area contributed by atoms with Crippen LogP contribution in [0.1, 0.15) is 6.42 Å². The van der Waals surface area contributed by atoms with E-state index >= 15 is 0 Å². The third-order valence-corrected chi connectivity index (χ3v) is 5.52. The van der Waals surface area contributed by atoms with Gasteiger partial charge in [-0.25, -0.2) is 0 Å². The Labute approximate surface area is 170 Å². The minimum atomic E-state index is -0.783. The maximum Gasteiger partial charge on any atom is 0.268 e. The average molecular weight is 395 g/mol. The number of methoxy groups -OCH3 is 1. The molecule has 2 amide bonds. The van der Waals surface area contributed by atoms with Crippen LogP contribution in [0.2, 0.25) is 0 Å². The van der Waals surface area contributed by atoms with Crippen molar-refractivity contribution in [3.63, 3.8) is 0 Å². The van der Waals surface area contributed by atoms with Gasteiger partial charge in [-0.3, -0.25) is 9.59 Å². The van der Waals surface area contributed by atoms with E-state index in [1.165, 1.54) is 0 Å². The number of carbonyl (C=O) groups is 2. The van der Waals surface area contributed by atoms with Crippen molar-refractivity contribution in [1.82, 2.24) is 4.90 Å². The van der Waals surface area contributed by atoms with Crippen LogP contribution >= 0.6 is 0 Å². The highest BCUT2D eigenvalue weighted by Crippen LogP contribution is 2.33. The van der Waals surface area contributed by atoms with Crippen LogP contribution in [0, 0.1) is 0 Å². The van der Waals surface area contributed by atoms with Crippen molar-refractivity contribution in [2.24, 2.45) is 0 Å². The SMILES string of the molecule is COc1ccccc1N1CCN(C(=O)CC2Oc3ccccc3N(C)C2=O)CC1. The molecule has 152 valence electrons. The molecule has 0 bridgehead atoms. The standard InChI is InChI=1S/C22H25N3O4/c1-23-16-7-3-6-10-19(16)29-20(22(23)27)15-21(26)25-13-11-24(12-14-25)17-8-4-5-9-18(17)28-2/h3-10,20H,11-15H2,1-2H3. The van der Waals surface area contributed by atoms with Crippen molar-refractivity contribution in [2.75, 3.05) is 50.1 Å². The molecule has 1 fully saturated rings. The Morgan fingerprint density at radius 3 is 2.41 bits per heavy atom. The minimum absolute atomic E-state index is 0.0478. The number of carbonyl (C=O) groups excluding carboxylic acids is 2. The number of rotatable bonds is 4. The zero-order valence-corrected chi connectivity index (χ0v) is 16.7. The summed E-state index contributed by atoms with van der Waals surface area (Å²) in [6.45, 7) is 2.64. The number of anilines is 2. The Morgan fingerprint density at radius 2 is 1.69 bits per heavy atom. The molecule has 2 aromatic rings. The molecule has 7 nitrogen and oxygen atoms in total. The van der Waals surface area contributed by atoms with Gasteiger partial charge in [-0.2, -0.15) is 0 Å². The van der Waals surface area contributed by atoms with E-state index in [0.717, 1.165) is 17.1 Å². The van der Waals surface area contributed by atoms with Crippen LogP contribution in [0.4, 0.5) is 11.4 Å². The van der Waals surface area contributed by atoms with Gasteiger partial charge in [-0.1, -0.05) is 24.3 Å². The molecule has 0 aromatic heterocycles. The topological polar surface area (TPSA) is 62.3 Å². The molecule has 7 heteroatoms. The quantitative estimate of drug-likeness (QED) is 0.794. The third kappa shape index (κ3) is 3.72. The second-order valence-electron chi connectivity index (χ2n) is 7.22. The van der Waals surface area contributed by atoms with Gasteiger partial charge in [0.15, 0.2) is 6.10 Å². The Morgan fingerprint density at radius 1 is 1.03 bits per heavy atom. The van der Waals surface area contributed by atoms with Crippen LogP contribution in [0.25, 0.3) is 0 Å². The van der Waals surface area contributed by atoms with E-state index in [9.17, 15) is 9.59 Å². The summed E-state index contributed by atoms with van der Waals surface area (Å²) in [7, 11) is 3.38. The van der Waals surface area contributed by atoms with Gasteiger partial charge in [0.1, 0.15) is 11.5 Å². The molecule has 2 aliphatic rings. The van der Waals surface area contributed by atoms with Gasteiger partial charge in [0.05, 0.1) is 24.9 Å². The van der Waals surface area contributed by atoms with E-state index in [0.29, 0.717) is 31.9 Å². The summed E-state index contributed by atoms with van der Waals surface area (Å²) in [4.78, 5) is 31.0. The lowest BCUT2D eigenvalue weighted by molar-refractivity contribution is -0.138. The number of likely N-dealkylation sites (N-methyl/N-ethyl adjacent to an activating group) is 1. The Bertz CT molecular complexity index is 908. The lowest BCUT2D eigenvalue weighted by atomic mass is 10.1. The maximum absolute atomic E-state index is 12.8. The fraction of sp³-hybridized carbons (Fsp3) is 0.364. The van der Waals surface area contributed by atoms with Crippen LogP contribution in [-0.4, -0.2) is 63.2 Å². The fourth-order valence-corrected chi connectivity index (χ4v) is 3.88. The number of fused-ring (bicyclic) bond motifs is 1. The third-order valence-electron chi connectivity index (χ3n) is 5.52. The van der Waals surface area contributed by atoms with E-state index in [1.54, 1.807) is 19.1 Å². The maximum atomic E-state index is 12.8. The van der Waals surface area contributed by atoms with Crippen LogP contribution in [0.15, 0.2) is 48.5 Å². The first-order chi connectivity index (χ1) is 14.1. The van der Waals surface area contributed by atoms with Crippen molar-refractivity contribution in [1.29, 1.82) is 0 Å². The highest BCUT2D eigenvalue weighted by molar-refractivity contribution is 6.01. The van der Waals surface area contributed by atoms with Crippen LogP contribution in [0.5, 0.6) is 11.5 Å². The first-order valence-corrected chi connectivity index (χ1v) is 9.77. The number of ether oxygens (including phenoxy) is 2. The monoisotopic (exact) mass is 395 g/mol. The second-order valence-corrected chi connectivity index (χ2v) is 7.22. The first kappa shape index (κ1) is 19.1. The van der Waals surface area contributed by atoms with Crippen molar-refractivity contribution in [3.05, 3.63) is 48.5 Å². The van der Waals surface area contributed by atoms with Crippen LogP contribution in [-0.2, 0) is 9.59 Å². The number of hydrogen-bond donors (Lipinski definition) is 0. The predicted molar refractivity (Wildman–Crippen MR) is 111 cm³/mol. The molecular weight excluding hydrogens is 370 g/mol. The van der Waals surface area contributed by atoms with Crippen LogP contribution < -0.4 is 19.3 Å². The molecule has 2 aromatic carbocycles. The molecule has 0 aliphatic carbocycles. The molecule has 4 rings (SSSR count). The number of benzene rings is 2. The van der Waals surface area contributed by atoms with Crippen molar-refractivity contribution in [3.8, 4) is 11.5 Å². The Hall–Kier alpha value is -3.22. The minimum Gasteiger partial charge on any atom is -0.495 e. The molecule has 1 saturated heterocycles. The lowest BCUT2D eigenvalue weighted by Crippen LogP contribution is -2.51. The summed E-state index contributed by atoms with van der Waals surface area (Å²) in [6, 6.07) is 15.3. The molecule has 0 saturated carbocycles. The number of nitrogens with zero attached hydrogens (tertiary/aromatic N) is 3. The van der Waals surface area contributed by atoms with Gasteiger partial charge in [0, 0.05) is 33.2 Å². The molecule has 0 N–H and O–H groups in total. The molecule has 2 heterocycles. The summed E-state index contributed by atoms with van der Waals surface area (Å²) >= 11 is 0. The van der Waals surface area contributed by atoms with Crippen molar-refractivity contribution in [2.45, 2.75) is 12.5 Å². The second kappa shape index (κ2) is 8.03. The van der Waals surface area contributed by atoms with Gasteiger partial charge >= 0.3 is 0 Å². The number of hydrogen-bond acceptors (Lipinski definition) is 5. The van der Waals surface area contributed by atoms with E-state index < -0.39 is 6.10 Å². The first-order valence-electron chi connectivity index (χ1n) is 9.77. The number of amides is 2. The molecule has 1 atom stereocenters. The predicted octanol–water partition coefficient (Wildman–Crippen LogP) is 2.16. The van der Waals surface area contributed by atoms with Gasteiger partial charge in [0.2, 0.25) is 5.91 Å². The zero-order valence-electron chi connectivity index (χ0n) is 16.7. The van der Waals surface area contributed by atoms with E-state index in [1.807, 2.05) is 53.4 Å². The summed E-state index contributed by atoms with van der Waals surface area (Å²) in [5.41, 5.74) is 1.76. The largest absolute Gasteiger partial charge is 0.495 e. The number of para-hydroxylation sites is 4. The average Bonchev–Trinajstić information content (AvgIpc) is 2.77. The van der Waals surface area contributed by atoms with E-state index in [4.69, 9.17) is 9.47 Å². The molecule has 2 aliphatic heterocycles. The summed E-state index contributed by atoms with van der Waals surface area (Å²) in [6.07, 6.45) is -0.735. The summed E-state index contributed by atoms with van der Waals surface area (Å²) in [5.74, 6) is 1.21. The zero-order chi connectivity index (χ0) is 20.4. The van der Waals surface area contributed by atoms with Gasteiger partial charge < -0.3 is 24.2 Å². The smallest absolute Gasteiger partial charge is 0.268 e. The van der Waals surface area contributed by atoms with Crippen LogP contribution in [0.3, 0.4) is 0 Å². The molecule has 1 unspecified atom stereocenters. The normalized spacial score (nSPS) is 18.9. The fourth-order valence-electron chi connectivity index (χ4n) is 3.88. The highest BCUT2D eigenvalue weighted by atomic mass is 16.5. The van der Waals surface area contributed by atoms with Gasteiger partial charge in [-0.05, 0) is 24.3 Å². The summed E-state index contributed by atoms with van der Waals surface area (Å²) in [5, 5.41) is 0. The van der Waals surface area contributed by atoms with Crippen molar-refractivity contribution >= 4 is 23.2 Å². The van der Waals surface area contributed by atoms with Crippen molar-refractivity contribution < 1.29 is 19.1 Å². The highest BCUT2D eigenvalue weighted by Gasteiger charge is 2.35. The molecular formula is C22H25N3O4. The Kier molecular flexibility index (Phi) is 5.29. The number of piperazine rings is 1. The van der Waals surface area contributed by atoms with E-state index in [2.05, 4.69) is 4.90 Å². The molecule has 29 heavy (non-hydrogen) atoms. The Balaban J connectivity index is 1.38. The van der Waals surface area contributed by atoms with Gasteiger partial charge in [-0.15, -0.1) is 0 Å². The molecule has 0 radical (unpaired) electrons.